The average molecular weight is 248 g/mol. The lowest BCUT2D eigenvalue weighted by Crippen LogP contribution is -2.48. The second-order valence-electron chi connectivity index (χ2n) is 6.31. The molecule has 0 bridgehead atoms. The molecule has 2 heterocycles. The van der Waals surface area contributed by atoms with Gasteiger partial charge in [-0.15, -0.1) is 0 Å². The number of hydrogen-bond donors (Lipinski definition) is 0. The fraction of sp³-hybridized carbons (Fsp3) is 0.714. The molecule has 0 aromatic carbocycles. The molecule has 4 nitrogen and oxygen atoms in total. The molecular formula is C14H24N4. The summed E-state index contributed by atoms with van der Waals surface area (Å²) in [6.45, 7) is 13.7. The molecule has 18 heavy (non-hydrogen) atoms. The Morgan fingerprint density at radius 3 is 2.33 bits per heavy atom. The summed E-state index contributed by atoms with van der Waals surface area (Å²) in [5.41, 5.74) is 1.52. The molecule has 1 fully saturated rings. The van der Waals surface area contributed by atoms with Crippen LogP contribution in [0.15, 0.2) is 18.6 Å². The Bertz CT molecular complexity index is 350. The van der Waals surface area contributed by atoms with Crippen molar-refractivity contribution in [1.29, 1.82) is 0 Å². The van der Waals surface area contributed by atoms with E-state index < -0.39 is 0 Å². The number of nitrogens with zero attached hydrogens (tertiary/aromatic N) is 4. The van der Waals surface area contributed by atoms with Crippen LogP contribution in [0, 0.1) is 5.41 Å². The predicted molar refractivity (Wildman–Crippen MR) is 73.2 cm³/mol. The van der Waals surface area contributed by atoms with E-state index in [1.807, 2.05) is 12.3 Å². The molecule has 4 heteroatoms. The zero-order chi connectivity index (χ0) is 13.0. The average Bonchev–Trinajstić information content (AvgIpc) is 2.31. The maximum atomic E-state index is 4.28. The van der Waals surface area contributed by atoms with Crippen LogP contribution in [0.5, 0.6) is 0 Å². The number of aromatic nitrogens is 2. The van der Waals surface area contributed by atoms with Crippen LogP contribution in [-0.4, -0.2) is 52.5 Å². The van der Waals surface area contributed by atoms with Gasteiger partial charge in [-0.1, -0.05) is 20.8 Å². The zero-order valence-electron chi connectivity index (χ0n) is 11.8. The molecule has 1 aliphatic rings. The molecule has 1 aliphatic heterocycles. The predicted octanol–water partition coefficient (Wildman–Crippen LogP) is 1.64. The van der Waals surface area contributed by atoms with Gasteiger partial charge in [0.05, 0.1) is 5.69 Å². The van der Waals surface area contributed by atoms with Gasteiger partial charge in [0.15, 0.2) is 0 Å². The molecule has 0 aliphatic carbocycles. The summed E-state index contributed by atoms with van der Waals surface area (Å²) in [6, 6.07) is 2.00. The van der Waals surface area contributed by atoms with Gasteiger partial charge < -0.3 is 4.90 Å². The SMILES string of the molecule is CC(C)(C)CN1CCN(Cc2ccncn2)CC1. The van der Waals surface area contributed by atoms with Crippen molar-refractivity contribution in [3.05, 3.63) is 24.3 Å². The van der Waals surface area contributed by atoms with Crippen molar-refractivity contribution in [2.45, 2.75) is 27.3 Å². The van der Waals surface area contributed by atoms with Gasteiger partial charge in [-0.3, -0.25) is 4.90 Å². The third-order valence-corrected chi connectivity index (χ3v) is 3.19. The number of piperazine rings is 1. The second kappa shape index (κ2) is 5.76. The molecule has 1 aromatic rings. The molecule has 1 aromatic heterocycles. The molecule has 0 unspecified atom stereocenters. The van der Waals surface area contributed by atoms with Gasteiger partial charge in [-0.2, -0.15) is 0 Å². The Morgan fingerprint density at radius 1 is 1.11 bits per heavy atom. The minimum atomic E-state index is 0.398. The van der Waals surface area contributed by atoms with Crippen LogP contribution in [0.3, 0.4) is 0 Å². The third-order valence-electron chi connectivity index (χ3n) is 3.19. The molecule has 0 atom stereocenters. The first-order valence-corrected chi connectivity index (χ1v) is 6.72. The molecule has 0 N–H and O–H groups in total. The lowest BCUT2D eigenvalue weighted by molar-refractivity contribution is 0.0976. The summed E-state index contributed by atoms with van der Waals surface area (Å²) in [6.07, 6.45) is 3.45. The van der Waals surface area contributed by atoms with Crippen molar-refractivity contribution in [3.63, 3.8) is 0 Å². The van der Waals surface area contributed by atoms with Crippen molar-refractivity contribution in [1.82, 2.24) is 19.8 Å². The Balaban J connectivity index is 1.77. The lowest BCUT2D eigenvalue weighted by Gasteiger charge is -2.37. The Morgan fingerprint density at radius 2 is 1.78 bits per heavy atom. The summed E-state index contributed by atoms with van der Waals surface area (Å²) in [7, 11) is 0. The summed E-state index contributed by atoms with van der Waals surface area (Å²) in [5.74, 6) is 0. The molecule has 0 saturated carbocycles. The van der Waals surface area contributed by atoms with Crippen molar-refractivity contribution in [2.24, 2.45) is 5.41 Å². The van der Waals surface area contributed by atoms with Gasteiger partial charge in [0.25, 0.3) is 0 Å². The molecule has 0 spiro atoms. The van der Waals surface area contributed by atoms with E-state index in [0.29, 0.717) is 5.41 Å². The van der Waals surface area contributed by atoms with Gasteiger partial charge in [0, 0.05) is 45.5 Å². The van der Waals surface area contributed by atoms with E-state index in [2.05, 4.69) is 40.5 Å². The van der Waals surface area contributed by atoms with E-state index in [0.717, 1.165) is 25.3 Å². The minimum Gasteiger partial charge on any atom is -0.300 e. The normalized spacial score (nSPS) is 19.1. The molecule has 100 valence electrons. The Hall–Kier alpha value is -1.00. The van der Waals surface area contributed by atoms with Crippen LogP contribution in [-0.2, 0) is 6.54 Å². The number of rotatable bonds is 3. The number of hydrogen-bond acceptors (Lipinski definition) is 4. The standard InChI is InChI=1S/C14H24N4/c1-14(2,3)11-18-8-6-17(7-9-18)10-13-4-5-15-12-16-13/h4-5,12H,6-11H2,1-3H3. The smallest absolute Gasteiger partial charge is 0.115 e. The minimum absolute atomic E-state index is 0.398. The maximum absolute atomic E-state index is 4.28. The fourth-order valence-electron chi connectivity index (χ4n) is 2.42. The van der Waals surface area contributed by atoms with Gasteiger partial charge in [0.1, 0.15) is 6.33 Å². The Kier molecular flexibility index (Phi) is 4.30. The maximum Gasteiger partial charge on any atom is 0.115 e. The van der Waals surface area contributed by atoms with Crippen LogP contribution in [0.25, 0.3) is 0 Å². The first-order valence-electron chi connectivity index (χ1n) is 6.72. The topological polar surface area (TPSA) is 32.3 Å². The van der Waals surface area contributed by atoms with Crippen molar-refractivity contribution in [2.75, 3.05) is 32.7 Å². The highest BCUT2D eigenvalue weighted by Gasteiger charge is 2.21. The van der Waals surface area contributed by atoms with Crippen LogP contribution in [0.2, 0.25) is 0 Å². The monoisotopic (exact) mass is 248 g/mol. The van der Waals surface area contributed by atoms with Crippen LogP contribution >= 0.6 is 0 Å². The largest absolute Gasteiger partial charge is 0.300 e. The van der Waals surface area contributed by atoms with Crippen LogP contribution in [0.4, 0.5) is 0 Å². The van der Waals surface area contributed by atoms with Gasteiger partial charge in [0.2, 0.25) is 0 Å². The van der Waals surface area contributed by atoms with E-state index in [9.17, 15) is 0 Å². The van der Waals surface area contributed by atoms with Gasteiger partial charge in [-0.25, -0.2) is 9.97 Å². The summed E-state index contributed by atoms with van der Waals surface area (Å²) >= 11 is 0. The molecule has 0 radical (unpaired) electrons. The quantitative estimate of drug-likeness (QED) is 0.814. The highest BCUT2D eigenvalue weighted by atomic mass is 15.3. The molecule has 2 rings (SSSR count). The third kappa shape index (κ3) is 4.35. The van der Waals surface area contributed by atoms with E-state index in [1.165, 1.54) is 19.6 Å². The van der Waals surface area contributed by atoms with E-state index in [4.69, 9.17) is 0 Å². The first kappa shape index (κ1) is 13.4. The lowest BCUT2D eigenvalue weighted by atomic mass is 9.96. The van der Waals surface area contributed by atoms with Crippen LogP contribution in [0.1, 0.15) is 26.5 Å². The highest BCUT2D eigenvalue weighted by Crippen LogP contribution is 2.16. The fourth-order valence-corrected chi connectivity index (χ4v) is 2.42. The Labute approximate surface area is 110 Å². The van der Waals surface area contributed by atoms with Crippen LogP contribution < -0.4 is 0 Å². The van der Waals surface area contributed by atoms with E-state index in [1.54, 1.807) is 6.33 Å². The molecule has 1 saturated heterocycles. The van der Waals surface area contributed by atoms with Crippen molar-refractivity contribution < 1.29 is 0 Å². The van der Waals surface area contributed by atoms with E-state index >= 15 is 0 Å². The second-order valence-corrected chi connectivity index (χ2v) is 6.31. The molecular weight excluding hydrogens is 224 g/mol. The highest BCUT2D eigenvalue weighted by molar-refractivity contribution is 4.97. The zero-order valence-corrected chi connectivity index (χ0v) is 11.8. The van der Waals surface area contributed by atoms with Gasteiger partial charge in [-0.05, 0) is 11.5 Å². The summed E-state index contributed by atoms with van der Waals surface area (Å²) in [4.78, 5) is 13.3. The summed E-state index contributed by atoms with van der Waals surface area (Å²) < 4.78 is 0. The van der Waals surface area contributed by atoms with E-state index in [-0.39, 0.29) is 0 Å². The molecule has 0 amide bonds. The first-order chi connectivity index (χ1) is 8.53. The van der Waals surface area contributed by atoms with Gasteiger partial charge >= 0.3 is 0 Å². The summed E-state index contributed by atoms with van der Waals surface area (Å²) in [5, 5.41) is 0. The van der Waals surface area contributed by atoms with Crippen molar-refractivity contribution in [3.8, 4) is 0 Å². The van der Waals surface area contributed by atoms with Crippen molar-refractivity contribution >= 4 is 0 Å².